The molecule has 3 heteroatoms. The molecule has 0 rings (SSSR count). The zero-order valence-corrected chi connectivity index (χ0v) is 10.9. The van der Waals surface area contributed by atoms with Crippen molar-refractivity contribution in [3.05, 3.63) is 0 Å². The van der Waals surface area contributed by atoms with Gasteiger partial charge in [0, 0.05) is 32.4 Å². The Kier molecular flexibility index (Phi) is 9.06. The molecule has 0 saturated heterocycles. The second kappa shape index (κ2) is 9.13. The number of hydrogen-bond donors (Lipinski definition) is 1. The minimum atomic E-state index is 0.441. The highest BCUT2D eigenvalue weighted by Gasteiger charge is 2.15. The van der Waals surface area contributed by atoms with E-state index in [0.29, 0.717) is 18.0 Å². The van der Waals surface area contributed by atoms with E-state index < -0.39 is 0 Å². The Morgan fingerprint density at radius 1 is 1.20 bits per heavy atom. The lowest BCUT2D eigenvalue weighted by atomic mass is 10.0. The number of methoxy groups -OCH3 is 1. The van der Waals surface area contributed by atoms with E-state index in [1.807, 2.05) is 6.92 Å². The van der Waals surface area contributed by atoms with Crippen molar-refractivity contribution in [1.29, 1.82) is 0 Å². The van der Waals surface area contributed by atoms with Crippen molar-refractivity contribution >= 4 is 0 Å². The van der Waals surface area contributed by atoms with Gasteiger partial charge in [0.25, 0.3) is 0 Å². The van der Waals surface area contributed by atoms with Crippen molar-refractivity contribution in [2.24, 2.45) is 5.92 Å². The van der Waals surface area contributed by atoms with Crippen LogP contribution >= 0.6 is 0 Å². The van der Waals surface area contributed by atoms with Gasteiger partial charge in [-0.05, 0) is 26.2 Å². The van der Waals surface area contributed by atoms with Gasteiger partial charge < -0.3 is 14.8 Å². The summed E-state index contributed by atoms with van der Waals surface area (Å²) in [5.74, 6) is 0.599. The van der Waals surface area contributed by atoms with Crippen molar-refractivity contribution in [3.63, 3.8) is 0 Å². The van der Waals surface area contributed by atoms with Crippen molar-refractivity contribution in [1.82, 2.24) is 5.32 Å². The average molecular weight is 217 g/mol. The fourth-order valence-corrected chi connectivity index (χ4v) is 1.42. The van der Waals surface area contributed by atoms with E-state index in [1.165, 1.54) is 0 Å². The van der Waals surface area contributed by atoms with E-state index in [9.17, 15) is 0 Å². The summed E-state index contributed by atoms with van der Waals surface area (Å²) in [6.07, 6.45) is 1.05. The maximum atomic E-state index is 5.47. The van der Waals surface area contributed by atoms with Crippen LogP contribution in [0.2, 0.25) is 0 Å². The zero-order chi connectivity index (χ0) is 11.7. The minimum Gasteiger partial charge on any atom is -0.385 e. The predicted molar refractivity (Wildman–Crippen MR) is 64.2 cm³/mol. The Morgan fingerprint density at radius 3 is 2.33 bits per heavy atom. The van der Waals surface area contributed by atoms with Gasteiger partial charge in [-0.1, -0.05) is 13.8 Å². The highest BCUT2D eigenvalue weighted by atomic mass is 16.5. The van der Waals surface area contributed by atoms with Gasteiger partial charge in [0.1, 0.15) is 0 Å². The van der Waals surface area contributed by atoms with Crippen LogP contribution in [0.4, 0.5) is 0 Å². The van der Waals surface area contributed by atoms with Crippen LogP contribution in [-0.4, -0.2) is 39.0 Å². The molecule has 2 unspecified atom stereocenters. The summed E-state index contributed by atoms with van der Waals surface area (Å²) in [6.45, 7) is 11.1. The molecule has 0 fully saturated rings. The number of hydrogen-bond acceptors (Lipinski definition) is 3. The van der Waals surface area contributed by atoms with Crippen LogP contribution in [0.1, 0.15) is 34.1 Å². The highest BCUT2D eigenvalue weighted by molar-refractivity contribution is 4.74. The molecule has 0 heterocycles. The molecule has 0 amide bonds. The first kappa shape index (κ1) is 14.9. The first-order chi connectivity index (χ1) is 7.11. The summed E-state index contributed by atoms with van der Waals surface area (Å²) in [4.78, 5) is 0. The molecule has 2 atom stereocenters. The fourth-order valence-electron chi connectivity index (χ4n) is 1.42. The van der Waals surface area contributed by atoms with Gasteiger partial charge in [0.15, 0.2) is 0 Å². The summed E-state index contributed by atoms with van der Waals surface area (Å²) >= 11 is 0. The summed E-state index contributed by atoms with van der Waals surface area (Å²) in [6, 6.07) is 0.926. The Bertz CT molecular complexity index is 140. The van der Waals surface area contributed by atoms with Crippen LogP contribution in [-0.2, 0) is 9.47 Å². The molecule has 0 radical (unpaired) electrons. The van der Waals surface area contributed by atoms with E-state index in [1.54, 1.807) is 7.11 Å². The second-order valence-corrected chi connectivity index (χ2v) is 4.36. The molecule has 0 aromatic rings. The first-order valence-corrected chi connectivity index (χ1v) is 5.94. The maximum absolute atomic E-state index is 5.47. The monoisotopic (exact) mass is 217 g/mol. The number of ether oxygens (including phenoxy) is 2. The van der Waals surface area contributed by atoms with E-state index in [2.05, 4.69) is 26.1 Å². The molecule has 15 heavy (non-hydrogen) atoms. The predicted octanol–water partition coefficient (Wildman–Crippen LogP) is 2.06. The van der Waals surface area contributed by atoms with E-state index in [-0.39, 0.29) is 0 Å². The lowest BCUT2D eigenvalue weighted by molar-refractivity contribution is 0.100. The topological polar surface area (TPSA) is 30.5 Å². The molecular weight excluding hydrogens is 190 g/mol. The lowest BCUT2D eigenvalue weighted by Crippen LogP contribution is -2.43. The molecule has 0 aromatic carbocycles. The molecule has 0 bridgehead atoms. The Labute approximate surface area is 94.5 Å². The first-order valence-electron chi connectivity index (χ1n) is 5.94. The van der Waals surface area contributed by atoms with E-state index in [4.69, 9.17) is 9.47 Å². The molecule has 92 valence electrons. The zero-order valence-electron chi connectivity index (χ0n) is 10.9. The van der Waals surface area contributed by atoms with Crippen LogP contribution in [0.25, 0.3) is 0 Å². The quantitative estimate of drug-likeness (QED) is 0.641. The van der Waals surface area contributed by atoms with Gasteiger partial charge in [0.2, 0.25) is 0 Å². The molecule has 1 N–H and O–H groups in total. The summed E-state index contributed by atoms with van der Waals surface area (Å²) in [5, 5.41) is 3.58. The molecule has 0 saturated carbocycles. The molecular formula is C12H27NO2. The van der Waals surface area contributed by atoms with E-state index in [0.717, 1.165) is 26.2 Å². The Morgan fingerprint density at radius 2 is 1.87 bits per heavy atom. The van der Waals surface area contributed by atoms with Gasteiger partial charge in [-0.2, -0.15) is 0 Å². The molecule has 3 nitrogen and oxygen atoms in total. The highest BCUT2D eigenvalue weighted by Crippen LogP contribution is 2.05. The van der Waals surface area contributed by atoms with Crippen LogP contribution in [0.3, 0.4) is 0 Å². The van der Waals surface area contributed by atoms with Crippen LogP contribution < -0.4 is 5.32 Å². The number of nitrogens with one attached hydrogen (secondary N) is 1. The van der Waals surface area contributed by atoms with Gasteiger partial charge in [-0.15, -0.1) is 0 Å². The Balaban J connectivity index is 3.81. The molecule has 0 spiro atoms. The number of rotatable bonds is 9. The lowest BCUT2D eigenvalue weighted by Gasteiger charge is -2.26. The second-order valence-electron chi connectivity index (χ2n) is 4.36. The summed E-state index contributed by atoms with van der Waals surface area (Å²) in [7, 11) is 1.74. The standard InChI is InChI=1S/C12H27NO2/c1-6-15-9-12(10(2)3)13-11(4)7-8-14-5/h10-13H,6-9H2,1-5H3. The van der Waals surface area contributed by atoms with Crippen LogP contribution in [0.5, 0.6) is 0 Å². The SMILES string of the molecule is CCOCC(NC(C)CCOC)C(C)C. The third-order valence-electron chi connectivity index (χ3n) is 2.56. The van der Waals surface area contributed by atoms with Gasteiger partial charge in [-0.25, -0.2) is 0 Å². The fraction of sp³-hybridized carbons (Fsp3) is 1.00. The summed E-state index contributed by atoms with van der Waals surface area (Å²) in [5.41, 5.74) is 0. The minimum absolute atomic E-state index is 0.441. The smallest absolute Gasteiger partial charge is 0.0622 e. The molecule has 0 aliphatic heterocycles. The summed E-state index contributed by atoms with van der Waals surface area (Å²) < 4.78 is 10.5. The van der Waals surface area contributed by atoms with Crippen molar-refractivity contribution < 1.29 is 9.47 Å². The average Bonchev–Trinajstić information content (AvgIpc) is 2.20. The maximum Gasteiger partial charge on any atom is 0.0622 e. The van der Waals surface area contributed by atoms with Crippen molar-refractivity contribution in [3.8, 4) is 0 Å². The van der Waals surface area contributed by atoms with Gasteiger partial charge in [0.05, 0.1) is 6.61 Å². The molecule has 0 aliphatic carbocycles. The van der Waals surface area contributed by atoms with Crippen molar-refractivity contribution in [2.75, 3.05) is 26.9 Å². The Hall–Kier alpha value is -0.120. The van der Waals surface area contributed by atoms with Crippen molar-refractivity contribution in [2.45, 2.75) is 46.2 Å². The normalized spacial score (nSPS) is 15.6. The molecule has 0 aromatic heterocycles. The molecule has 0 aliphatic rings. The largest absolute Gasteiger partial charge is 0.385 e. The van der Waals surface area contributed by atoms with Gasteiger partial charge in [-0.3, -0.25) is 0 Å². The van der Waals surface area contributed by atoms with Crippen LogP contribution in [0, 0.1) is 5.92 Å². The van der Waals surface area contributed by atoms with Crippen LogP contribution in [0.15, 0.2) is 0 Å². The van der Waals surface area contributed by atoms with Gasteiger partial charge >= 0.3 is 0 Å². The third kappa shape index (κ3) is 7.77. The van der Waals surface area contributed by atoms with E-state index >= 15 is 0 Å². The third-order valence-corrected chi connectivity index (χ3v) is 2.56.